The van der Waals surface area contributed by atoms with Crippen molar-refractivity contribution in [2.75, 3.05) is 33.2 Å². The van der Waals surface area contributed by atoms with Crippen LogP contribution < -0.4 is 5.73 Å². The van der Waals surface area contributed by atoms with Gasteiger partial charge in [-0.25, -0.2) is 0 Å². The molecule has 0 aromatic carbocycles. The van der Waals surface area contributed by atoms with Crippen LogP contribution in [0.3, 0.4) is 0 Å². The second-order valence-electron chi connectivity index (χ2n) is 3.69. The summed E-state index contributed by atoms with van der Waals surface area (Å²) >= 11 is 0. The summed E-state index contributed by atoms with van der Waals surface area (Å²) < 4.78 is 0. The van der Waals surface area contributed by atoms with Gasteiger partial charge in [0.25, 0.3) is 0 Å². The average Bonchev–Trinajstić information content (AvgIpc) is 2.49. The molecule has 2 N–H and O–H groups in total. The highest BCUT2D eigenvalue weighted by atomic mass is 16.2. The first-order valence-corrected chi connectivity index (χ1v) is 4.85. The van der Waals surface area contributed by atoms with Gasteiger partial charge in [0.2, 0.25) is 5.91 Å². The first kappa shape index (κ1) is 10.5. The summed E-state index contributed by atoms with van der Waals surface area (Å²) in [6.07, 6.45) is 1.02. The van der Waals surface area contributed by atoms with Crippen LogP contribution in [0.2, 0.25) is 0 Å². The Hall–Kier alpha value is -0.610. The molecule has 4 nitrogen and oxygen atoms in total. The second kappa shape index (κ2) is 4.58. The molecule has 4 heteroatoms. The standard InChI is InChI=1S/C9H19N3O/c1-3-11(2)9(13)7-12-5-4-8(10)6-12/h8H,3-7,10H2,1-2H3/t8-/m1/s1. The van der Waals surface area contributed by atoms with Crippen molar-refractivity contribution in [1.29, 1.82) is 0 Å². The number of nitrogens with zero attached hydrogens (tertiary/aromatic N) is 2. The lowest BCUT2D eigenvalue weighted by molar-refractivity contribution is -0.130. The highest BCUT2D eigenvalue weighted by Gasteiger charge is 2.21. The summed E-state index contributed by atoms with van der Waals surface area (Å²) in [5.74, 6) is 0.191. The third-order valence-corrected chi connectivity index (χ3v) is 2.57. The third kappa shape index (κ3) is 2.97. The van der Waals surface area contributed by atoms with Crippen molar-refractivity contribution >= 4 is 5.91 Å². The highest BCUT2D eigenvalue weighted by molar-refractivity contribution is 5.77. The van der Waals surface area contributed by atoms with Crippen LogP contribution in [-0.2, 0) is 4.79 Å². The Labute approximate surface area is 79.7 Å². The van der Waals surface area contributed by atoms with Crippen LogP contribution in [0, 0.1) is 0 Å². The lowest BCUT2D eigenvalue weighted by atomic mass is 10.3. The molecule has 1 saturated heterocycles. The van der Waals surface area contributed by atoms with Gasteiger partial charge in [-0.15, -0.1) is 0 Å². The van der Waals surface area contributed by atoms with Crippen molar-refractivity contribution < 1.29 is 4.79 Å². The summed E-state index contributed by atoms with van der Waals surface area (Å²) in [5.41, 5.74) is 5.74. The highest BCUT2D eigenvalue weighted by Crippen LogP contribution is 2.06. The SMILES string of the molecule is CCN(C)C(=O)CN1CC[C@@H](N)C1. The van der Waals surface area contributed by atoms with Gasteiger partial charge in [-0.3, -0.25) is 9.69 Å². The van der Waals surface area contributed by atoms with E-state index in [1.165, 1.54) is 0 Å². The molecule has 1 aliphatic heterocycles. The molecule has 1 rings (SSSR count). The number of carbonyl (C=O) groups excluding carboxylic acids is 1. The Morgan fingerprint density at radius 2 is 2.38 bits per heavy atom. The van der Waals surface area contributed by atoms with Crippen LogP contribution in [-0.4, -0.2) is 55.0 Å². The number of hydrogen-bond donors (Lipinski definition) is 1. The van der Waals surface area contributed by atoms with Gasteiger partial charge in [-0.2, -0.15) is 0 Å². The molecular formula is C9H19N3O. The molecule has 0 aliphatic carbocycles. The molecule has 13 heavy (non-hydrogen) atoms. The van der Waals surface area contributed by atoms with E-state index in [2.05, 4.69) is 4.90 Å². The van der Waals surface area contributed by atoms with Crippen molar-refractivity contribution in [3.8, 4) is 0 Å². The summed E-state index contributed by atoms with van der Waals surface area (Å²) in [6, 6.07) is 0.264. The number of likely N-dealkylation sites (tertiary alicyclic amines) is 1. The van der Waals surface area contributed by atoms with E-state index in [0.29, 0.717) is 6.54 Å². The molecule has 0 aromatic rings. The van der Waals surface area contributed by atoms with Crippen LogP contribution in [0.5, 0.6) is 0 Å². The second-order valence-corrected chi connectivity index (χ2v) is 3.69. The predicted octanol–water partition coefficient (Wildman–Crippen LogP) is -0.502. The minimum atomic E-state index is 0.191. The van der Waals surface area contributed by atoms with Crippen molar-refractivity contribution in [3.63, 3.8) is 0 Å². The molecule has 1 atom stereocenters. The number of hydrogen-bond acceptors (Lipinski definition) is 3. The molecular weight excluding hydrogens is 166 g/mol. The molecule has 76 valence electrons. The fourth-order valence-corrected chi connectivity index (χ4v) is 1.49. The lowest BCUT2D eigenvalue weighted by Gasteiger charge is -2.19. The molecule has 1 fully saturated rings. The van der Waals surface area contributed by atoms with Crippen molar-refractivity contribution in [1.82, 2.24) is 9.80 Å². The number of amides is 1. The van der Waals surface area contributed by atoms with E-state index >= 15 is 0 Å². The summed E-state index contributed by atoms with van der Waals surface area (Å²) in [5, 5.41) is 0. The molecule has 0 saturated carbocycles. The Morgan fingerprint density at radius 1 is 1.69 bits per heavy atom. The minimum Gasteiger partial charge on any atom is -0.345 e. The van der Waals surface area contributed by atoms with Crippen molar-refractivity contribution in [2.24, 2.45) is 5.73 Å². The van der Waals surface area contributed by atoms with Crippen LogP contribution in [0.15, 0.2) is 0 Å². The van der Waals surface area contributed by atoms with Gasteiger partial charge < -0.3 is 10.6 Å². The van der Waals surface area contributed by atoms with E-state index in [-0.39, 0.29) is 11.9 Å². The molecule has 0 bridgehead atoms. The Morgan fingerprint density at radius 3 is 2.85 bits per heavy atom. The first-order chi connectivity index (χ1) is 6.13. The molecule has 1 amide bonds. The smallest absolute Gasteiger partial charge is 0.236 e. The maximum absolute atomic E-state index is 11.5. The largest absolute Gasteiger partial charge is 0.345 e. The summed E-state index contributed by atoms with van der Waals surface area (Å²) in [4.78, 5) is 15.3. The van der Waals surface area contributed by atoms with Gasteiger partial charge in [0, 0.05) is 32.7 Å². The molecule has 0 unspecified atom stereocenters. The van der Waals surface area contributed by atoms with E-state index in [9.17, 15) is 4.79 Å². The van der Waals surface area contributed by atoms with Gasteiger partial charge >= 0.3 is 0 Å². The number of rotatable bonds is 3. The lowest BCUT2D eigenvalue weighted by Crippen LogP contribution is -2.38. The predicted molar refractivity (Wildman–Crippen MR) is 52.3 cm³/mol. The zero-order valence-corrected chi connectivity index (χ0v) is 8.49. The third-order valence-electron chi connectivity index (χ3n) is 2.57. The van der Waals surface area contributed by atoms with Crippen molar-refractivity contribution in [3.05, 3.63) is 0 Å². The molecule has 0 aromatic heterocycles. The Balaban J connectivity index is 2.28. The van der Waals surface area contributed by atoms with Gasteiger partial charge in [-0.1, -0.05) is 0 Å². The maximum Gasteiger partial charge on any atom is 0.236 e. The average molecular weight is 185 g/mol. The molecule has 1 aliphatic rings. The zero-order valence-electron chi connectivity index (χ0n) is 8.49. The monoisotopic (exact) mass is 185 g/mol. The van der Waals surface area contributed by atoms with Crippen LogP contribution in [0.4, 0.5) is 0 Å². The Kier molecular flexibility index (Phi) is 3.69. The van der Waals surface area contributed by atoms with E-state index < -0.39 is 0 Å². The normalized spacial score (nSPS) is 23.5. The van der Waals surface area contributed by atoms with E-state index in [4.69, 9.17) is 5.73 Å². The molecule has 0 radical (unpaired) electrons. The van der Waals surface area contributed by atoms with Gasteiger partial charge in [-0.05, 0) is 13.3 Å². The minimum absolute atomic E-state index is 0.191. The number of likely N-dealkylation sites (N-methyl/N-ethyl adjacent to an activating group) is 1. The maximum atomic E-state index is 11.5. The number of nitrogens with two attached hydrogens (primary N) is 1. The van der Waals surface area contributed by atoms with Crippen LogP contribution in [0.1, 0.15) is 13.3 Å². The van der Waals surface area contributed by atoms with E-state index in [1.807, 2.05) is 14.0 Å². The quantitative estimate of drug-likeness (QED) is 0.645. The van der Waals surface area contributed by atoms with E-state index in [1.54, 1.807) is 4.90 Å². The Bertz CT molecular complexity index is 184. The van der Waals surface area contributed by atoms with Crippen LogP contribution >= 0.6 is 0 Å². The summed E-state index contributed by atoms with van der Waals surface area (Å²) in [7, 11) is 1.83. The topological polar surface area (TPSA) is 49.6 Å². The summed E-state index contributed by atoms with van der Waals surface area (Å²) in [6.45, 7) is 5.11. The van der Waals surface area contributed by atoms with E-state index in [0.717, 1.165) is 26.1 Å². The molecule has 0 spiro atoms. The fourth-order valence-electron chi connectivity index (χ4n) is 1.49. The van der Waals surface area contributed by atoms with Gasteiger partial charge in [0.15, 0.2) is 0 Å². The van der Waals surface area contributed by atoms with Gasteiger partial charge in [0.05, 0.1) is 6.54 Å². The fraction of sp³-hybridized carbons (Fsp3) is 0.889. The molecule has 1 heterocycles. The first-order valence-electron chi connectivity index (χ1n) is 4.85. The van der Waals surface area contributed by atoms with Crippen LogP contribution in [0.25, 0.3) is 0 Å². The van der Waals surface area contributed by atoms with Gasteiger partial charge in [0.1, 0.15) is 0 Å². The number of carbonyl (C=O) groups is 1. The zero-order chi connectivity index (χ0) is 9.84. The van der Waals surface area contributed by atoms with Crippen molar-refractivity contribution in [2.45, 2.75) is 19.4 Å².